The van der Waals surface area contributed by atoms with Crippen LogP contribution in [0.25, 0.3) is 0 Å². The number of nitrogens with zero attached hydrogens (tertiary/aromatic N) is 2. The molecule has 1 aromatic rings. The van der Waals surface area contributed by atoms with Gasteiger partial charge in [0.15, 0.2) is 8.32 Å². The van der Waals surface area contributed by atoms with Gasteiger partial charge >= 0.3 is 0 Å². The molecule has 1 N–H and O–H groups in total. The Kier molecular flexibility index (Phi) is 5.57. The van der Waals surface area contributed by atoms with Crippen molar-refractivity contribution in [3.05, 3.63) is 24.0 Å². The van der Waals surface area contributed by atoms with E-state index in [0.717, 1.165) is 19.4 Å². The minimum atomic E-state index is -2.21. The molecule has 4 nitrogen and oxygen atoms in total. The molecule has 1 heterocycles. The van der Waals surface area contributed by atoms with Crippen LogP contribution in [0, 0.1) is 5.82 Å². The van der Waals surface area contributed by atoms with E-state index in [4.69, 9.17) is 7.85 Å². The zero-order chi connectivity index (χ0) is 18.1. The van der Waals surface area contributed by atoms with Gasteiger partial charge in [0.25, 0.3) is 0 Å². The molecule has 0 spiro atoms. The second-order valence-corrected chi connectivity index (χ2v) is 12.2. The monoisotopic (exact) mass is 348 g/mol. The van der Waals surface area contributed by atoms with Gasteiger partial charge in [-0.1, -0.05) is 25.4 Å². The highest BCUT2D eigenvalue weighted by molar-refractivity contribution is 6.72. The predicted octanol–water partition coefficient (Wildman–Crippen LogP) is 1.98. The lowest BCUT2D eigenvalue weighted by Gasteiger charge is -2.35. The Labute approximate surface area is 146 Å². The van der Waals surface area contributed by atoms with Gasteiger partial charge in [0.2, 0.25) is 5.91 Å². The van der Waals surface area contributed by atoms with Crippen molar-refractivity contribution in [2.75, 3.05) is 24.7 Å². The molecule has 7 heteroatoms. The highest BCUT2D eigenvalue weighted by Gasteiger charge is 2.38. The van der Waals surface area contributed by atoms with E-state index in [0.29, 0.717) is 18.7 Å². The number of rotatable bonds is 6. The van der Waals surface area contributed by atoms with Crippen LogP contribution in [0.1, 0.15) is 26.7 Å². The van der Waals surface area contributed by atoms with Crippen LogP contribution in [0.15, 0.2) is 18.2 Å². The molecule has 2 rings (SSSR count). The second kappa shape index (κ2) is 6.98. The summed E-state index contributed by atoms with van der Waals surface area (Å²) in [5.41, 5.74) is 0.624. The number of carbonyl (C=O) groups is 1. The number of hydrogen-bond donors (Lipinski definition) is 1. The van der Waals surface area contributed by atoms with Crippen molar-refractivity contribution in [1.82, 2.24) is 4.90 Å². The van der Waals surface area contributed by atoms with E-state index in [9.17, 15) is 14.0 Å². The van der Waals surface area contributed by atoms with E-state index in [1.165, 1.54) is 11.0 Å². The molecule has 1 saturated heterocycles. The largest absolute Gasteiger partial charge is 0.432 e. The van der Waals surface area contributed by atoms with Crippen molar-refractivity contribution < 1.29 is 14.0 Å². The minimum Gasteiger partial charge on any atom is -0.432 e. The molecule has 2 radical (unpaired) electrons. The van der Waals surface area contributed by atoms with E-state index in [-0.39, 0.29) is 16.6 Å². The Bertz CT molecular complexity index is 619. The van der Waals surface area contributed by atoms with Crippen LogP contribution in [0.2, 0.25) is 18.1 Å². The summed E-state index contributed by atoms with van der Waals surface area (Å²) in [6, 6.07) is 4.39. The summed E-state index contributed by atoms with van der Waals surface area (Å²) in [7, 11) is 3.35. The molecule has 130 valence electrons. The van der Waals surface area contributed by atoms with E-state index in [1.807, 2.05) is 18.0 Å². The molecule has 0 unspecified atom stereocenters. The lowest BCUT2D eigenvalue weighted by atomic mass is 9.96. The summed E-state index contributed by atoms with van der Waals surface area (Å²) < 4.78 is 14.0. The van der Waals surface area contributed by atoms with Crippen LogP contribution in [0.5, 0.6) is 0 Å². The standard InChI is InChI=1S/C17H26BFN2O2Si/c1-17(2,24(3,4)23)8-5-9-20-11-16(22)21(12-20)15-7-6-13(18)10-14(15)19/h6-7,10,23H,5,8-9,11-12H2,1-4H3. The summed E-state index contributed by atoms with van der Waals surface area (Å²) >= 11 is 0. The second-order valence-electron chi connectivity index (χ2n) is 7.77. The third kappa shape index (κ3) is 4.26. The molecule has 0 aromatic heterocycles. The Hall–Kier alpha value is -1.18. The van der Waals surface area contributed by atoms with Crippen molar-refractivity contribution in [2.45, 2.75) is 44.8 Å². The summed E-state index contributed by atoms with van der Waals surface area (Å²) in [5.74, 6) is -0.575. The summed E-state index contributed by atoms with van der Waals surface area (Å²) in [5, 5.41) is -0.0700. The maximum Gasteiger partial charge on any atom is 0.242 e. The van der Waals surface area contributed by atoms with Crippen LogP contribution in [0.4, 0.5) is 10.1 Å². The predicted molar refractivity (Wildman–Crippen MR) is 98.7 cm³/mol. The van der Waals surface area contributed by atoms with E-state index in [1.54, 1.807) is 12.1 Å². The van der Waals surface area contributed by atoms with Gasteiger partial charge in [-0.2, -0.15) is 0 Å². The van der Waals surface area contributed by atoms with Crippen LogP contribution in [-0.4, -0.2) is 51.5 Å². The summed E-state index contributed by atoms with van der Waals surface area (Å²) in [6.45, 7) is 9.56. The maximum absolute atomic E-state index is 14.0. The van der Waals surface area contributed by atoms with Crippen LogP contribution in [-0.2, 0) is 4.79 Å². The number of hydrogen-bond acceptors (Lipinski definition) is 3. The first-order valence-corrected chi connectivity index (χ1v) is 11.3. The maximum atomic E-state index is 14.0. The Morgan fingerprint density at radius 2 is 2.04 bits per heavy atom. The Morgan fingerprint density at radius 1 is 1.38 bits per heavy atom. The van der Waals surface area contributed by atoms with Gasteiger partial charge in [-0.05, 0) is 43.1 Å². The van der Waals surface area contributed by atoms with Gasteiger partial charge < -0.3 is 4.80 Å². The van der Waals surface area contributed by atoms with Crippen LogP contribution >= 0.6 is 0 Å². The van der Waals surface area contributed by atoms with Crippen molar-refractivity contribution >= 4 is 33.2 Å². The molecule has 0 bridgehead atoms. The van der Waals surface area contributed by atoms with E-state index < -0.39 is 14.1 Å². The molecular weight excluding hydrogens is 322 g/mol. The summed E-state index contributed by atoms with van der Waals surface area (Å²) in [6.07, 6.45) is 1.80. The van der Waals surface area contributed by atoms with Gasteiger partial charge in [-0.25, -0.2) is 4.39 Å². The van der Waals surface area contributed by atoms with Crippen LogP contribution in [0.3, 0.4) is 0 Å². The van der Waals surface area contributed by atoms with Crippen molar-refractivity contribution in [3.63, 3.8) is 0 Å². The Balaban J connectivity index is 1.93. The zero-order valence-corrected chi connectivity index (χ0v) is 16.0. The fourth-order valence-electron chi connectivity index (χ4n) is 2.76. The van der Waals surface area contributed by atoms with Gasteiger partial charge in [-0.15, -0.1) is 0 Å². The van der Waals surface area contributed by atoms with Crippen molar-refractivity contribution in [2.24, 2.45) is 0 Å². The number of anilines is 1. The van der Waals surface area contributed by atoms with Crippen molar-refractivity contribution in [1.29, 1.82) is 0 Å². The normalized spacial score (nSPS) is 16.9. The fourth-order valence-corrected chi connectivity index (χ4v) is 3.55. The first kappa shape index (κ1) is 19.2. The topological polar surface area (TPSA) is 43.8 Å². The fraction of sp³-hybridized carbons (Fsp3) is 0.588. The molecule has 0 aliphatic carbocycles. The average Bonchev–Trinajstić information content (AvgIpc) is 2.78. The highest BCUT2D eigenvalue weighted by atomic mass is 28.4. The first-order valence-electron chi connectivity index (χ1n) is 8.31. The number of carbonyl (C=O) groups excluding carboxylic acids is 1. The van der Waals surface area contributed by atoms with Crippen molar-refractivity contribution in [3.8, 4) is 0 Å². The molecule has 0 atom stereocenters. The highest BCUT2D eigenvalue weighted by Crippen LogP contribution is 2.39. The average molecular weight is 348 g/mol. The summed E-state index contributed by atoms with van der Waals surface area (Å²) in [4.78, 5) is 26.0. The van der Waals surface area contributed by atoms with Crippen LogP contribution < -0.4 is 10.4 Å². The van der Waals surface area contributed by atoms with E-state index >= 15 is 0 Å². The van der Waals surface area contributed by atoms with E-state index in [2.05, 4.69) is 13.8 Å². The molecular formula is C17H26BFN2O2Si. The molecule has 1 amide bonds. The number of halogens is 1. The molecule has 1 aliphatic rings. The molecule has 24 heavy (non-hydrogen) atoms. The quantitative estimate of drug-likeness (QED) is 0.800. The number of benzene rings is 1. The van der Waals surface area contributed by atoms with Gasteiger partial charge in [0.1, 0.15) is 13.7 Å². The molecule has 1 fully saturated rings. The zero-order valence-electron chi connectivity index (χ0n) is 15.0. The smallest absolute Gasteiger partial charge is 0.242 e. The van der Waals surface area contributed by atoms with Gasteiger partial charge in [0.05, 0.1) is 18.9 Å². The van der Waals surface area contributed by atoms with Gasteiger partial charge in [-0.3, -0.25) is 14.6 Å². The lowest BCUT2D eigenvalue weighted by Crippen LogP contribution is -2.39. The third-order valence-corrected chi connectivity index (χ3v) is 8.76. The third-order valence-electron chi connectivity index (χ3n) is 5.20. The van der Waals surface area contributed by atoms with Gasteiger partial charge in [0, 0.05) is 6.54 Å². The molecule has 1 aliphatic heterocycles. The molecule has 1 aromatic carbocycles. The Morgan fingerprint density at radius 3 is 2.62 bits per heavy atom. The number of amides is 1. The SMILES string of the molecule is [B]c1ccc(N2CN(CCCC(C)(C)[Si](C)(C)O)CC2=O)c(F)c1. The first-order chi connectivity index (χ1) is 11.0. The minimum absolute atomic E-state index is 0.0700. The molecule has 0 saturated carbocycles. The lowest BCUT2D eigenvalue weighted by molar-refractivity contribution is -0.116.